The molecular formula is C28H37NO4. The highest BCUT2D eigenvalue weighted by molar-refractivity contribution is 5.89. The standard InChI is InChI=1S/C28H37NO4/c1-19(2)29(20(3)4)14-15-32-25-10-6-22(7-11-25)16-27-26-12-9-24(31)17-23(26)8-13-28(27)33-18-21(5)30/h6-13,17,19-21,30-31H,14-16,18H2,1-5H3. The summed E-state index contributed by atoms with van der Waals surface area (Å²) in [5, 5.41) is 21.5. The van der Waals surface area contributed by atoms with Crippen LogP contribution in [0.2, 0.25) is 0 Å². The maximum atomic E-state index is 9.87. The molecule has 0 bridgehead atoms. The number of phenolic OH excluding ortho intramolecular Hbond substituents is 1. The van der Waals surface area contributed by atoms with Crippen LogP contribution in [0.25, 0.3) is 10.8 Å². The molecule has 3 aromatic carbocycles. The Kier molecular flexibility index (Phi) is 8.59. The molecule has 0 saturated carbocycles. The van der Waals surface area contributed by atoms with Gasteiger partial charge in [-0.05, 0) is 81.3 Å². The number of aromatic hydroxyl groups is 1. The van der Waals surface area contributed by atoms with Gasteiger partial charge in [-0.25, -0.2) is 0 Å². The zero-order valence-corrected chi connectivity index (χ0v) is 20.4. The quantitative estimate of drug-likeness (QED) is 0.409. The summed E-state index contributed by atoms with van der Waals surface area (Å²) >= 11 is 0. The molecule has 3 aromatic rings. The van der Waals surface area contributed by atoms with Gasteiger partial charge in [0.1, 0.15) is 30.5 Å². The van der Waals surface area contributed by atoms with Crippen LogP contribution in [0.1, 0.15) is 45.7 Å². The third-order valence-corrected chi connectivity index (χ3v) is 5.80. The van der Waals surface area contributed by atoms with Gasteiger partial charge >= 0.3 is 0 Å². The monoisotopic (exact) mass is 451 g/mol. The van der Waals surface area contributed by atoms with Gasteiger partial charge in [0, 0.05) is 30.6 Å². The summed E-state index contributed by atoms with van der Waals surface area (Å²) < 4.78 is 11.9. The Balaban J connectivity index is 1.74. The topological polar surface area (TPSA) is 62.2 Å². The molecule has 0 amide bonds. The van der Waals surface area contributed by atoms with Gasteiger partial charge < -0.3 is 19.7 Å². The minimum atomic E-state index is -0.549. The van der Waals surface area contributed by atoms with E-state index < -0.39 is 6.10 Å². The van der Waals surface area contributed by atoms with Gasteiger partial charge in [0.15, 0.2) is 0 Å². The fourth-order valence-electron chi connectivity index (χ4n) is 4.18. The van der Waals surface area contributed by atoms with E-state index in [0.717, 1.165) is 39.9 Å². The van der Waals surface area contributed by atoms with Gasteiger partial charge in [0.2, 0.25) is 0 Å². The molecule has 5 nitrogen and oxygen atoms in total. The summed E-state index contributed by atoms with van der Waals surface area (Å²) in [6.07, 6.45) is 0.124. The number of hydrogen-bond acceptors (Lipinski definition) is 5. The first kappa shape index (κ1) is 24.9. The van der Waals surface area contributed by atoms with Crippen molar-refractivity contribution in [1.82, 2.24) is 4.90 Å². The molecule has 1 atom stereocenters. The second-order valence-electron chi connectivity index (χ2n) is 9.20. The molecule has 0 aliphatic heterocycles. The Labute approximate surface area is 197 Å². The highest BCUT2D eigenvalue weighted by Gasteiger charge is 2.14. The minimum Gasteiger partial charge on any atom is -0.508 e. The average molecular weight is 452 g/mol. The van der Waals surface area contributed by atoms with Crippen LogP contribution < -0.4 is 9.47 Å². The van der Waals surface area contributed by atoms with Crippen molar-refractivity contribution in [2.24, 2.45) is 0 Å². The molecule has 0 saturated heterocycles. The predicted molar refractivity (Wildman–Crippen MR) is 135 cm³/mol. The van der Waals surface area contributed by atoms with Crippen LogP contribution in [0.5, 0.6) is 17.2 Å². The van der Waals surface area contributed by atoms with Crippen molar-refractivity contribution < 1.29 is 19.7 Å². The summed E-state index contributed by atoms with van der Waals surface area (Å²) in [6, 6.07) is 18.4. The lowest BCUT2D eigenvalue weighted by Crippen LogP contribution is -2.39. The Morgan fingerprint density at radius 2 is 1.55 bits per heavy atom. The van der Waals surface area contributed by atoms with Crippen molar-refractivity contribution in [2.75, 3.05) is 19.8 Å². The number of fused-ring (bicyclic) bond motifs is 1. The molecule has 0 fully saturated rings. The van der Waals surface area contributed by atoms with Gasteiger partial charge in [0.25, 0.3) is 0 Å². The second-order valence-corrected chi connectivity index (χ2v) is 9.20. The van der Waals surface area contributed by atoms with Crippen molar-refractivity contribution in [3.8, 4) is 17.2 Å². The van der Waals surface area contributed by atoms with E-state index in [0.29, 0.717) is 25.1 Å². The SMILES string of the molecule is CC(O)COc1ccc2cc(O)ccc2c1Cc1ccc(OCCN(C(C)C)C(C)C)cc1. The molecule has 1 unspecified atom stereocenters. The number of phenols is 1. The minimum absolute atomic E-state index is 0.229. The molecule has 33 heavy (non-hydrogen) atoms. The summed E-state index contributed by atoms with van der Waals surface area (Å²) in [7, 11) is 0. The maximum absolute atomic E-state index is 9.87. The molecule has 178 valence electrons. The fourth-order valence-corrected chi connectivity index (χ4v) is 4.18. The third-order valence-electron chi connectivity index (χ3n) is 5.80. The van der Waals surface area contributed by atoms with Gasteiger partial charge in [-0.2, -0.15) is 0 Å². The lowest BCUT2D eigenvalue weighted by Gasteiger charge is -2.30. The normalized spacial score (nSPS) is 12.6. The lowest BCUT2D eigenvalue weighted by atomic mass is 9.97. The van der Waals surface area contributed by atoms with E-state index in [9.17, 15) is 10.2 Å². The van der Waals surface area contributed by atoms with E-state index in [2.05, 4.69) is 44.7 Å². The van der Waals surface area contributed by atoms with E-state index in [-0.39, 0.29) is 12.4 Å². The van der Waals surface area contributed by atoms with Gasteiger partial charge in [-0.1, -0.05) is 24.3 Å². The highest BCUT2D eigenvalue weighted by atomic mass is 16.5. The van der Waals surface area contributed by atoms with Crippen LogP contribution in [0, 0.1) is 0 Å². The summed E-state index contributed by atoms with van der Waals surface area (Å²) in [4.78, 5) is 2.42. The summed E-state index contributed by atoms with van der Waals surface area (Å²) in [6.45, 7) is 12.3. The van der Waals surface area contributed by atoms with Crippen molar-refractivity contribution in [2.45, 2.75) is 59.2 Å². The van der Waals surface area contributed by atoms with Crippen LogP contribution in [0.3, 0.4) is 0 Å². The van der Waals surface area contributed by atoms with Crippen molar-refractivity contribution in [3.63, 3.8) is 0 Å². The third kappa shape index (κ3) is 6.86. The Morgan fingerprint density at radius 1 is 0.848 bits per heavy atom. The van der Waals surface area contributed by atoms with Crippen molar-refractivity contribution >= 4 is 10.8 Å². The molecule has 0 radical (unpaired) electrons. The fraction of sp³-hybridized carbons (Fsp3) is 0.429. The van der Waals surface area contributed by atoms with E-state index in [1.807, 2.05) is 30.3 Å². The van der Waals surface area contributed by atoms with Crippen LogP contribution >= 0.6 is 0 Å². The number of hydrogen-bond donors (Lipinski definition) is 2. The van der Waals surface area contributed by atoms with Crippen LogP contribution in [0.4, 0.5) is 0 Å². The largest absolute Gasteiger partial charge is 0.508 e. The van der Waals surface area contributed by atoms with Crippen molar-refractivity contribution in [1.29, 1.82) is 0 Å². The summed E-state index contributed by atoms with van der Waals surface area (Å²) in [5.41, 5.74) is 2.17. The van der Waals surface area contributed by atoms with Crippen molar-refractivity contribution in [3.05, 3.63) is 65.7 Å². The lowest BCUT2D eigenvalue weighted by molar-refractivity contribution is 0.122. The number of rotatable bonds is 11. The number of nitrogens with zero attached hydrogens (tertiary/aromatic N) is 1. The molecule has 0 heterocycles. The number of aliphatic hydroxyl groups is 1. The smallest absolute Gasteiger partial charge is 0.123 e. The number of ether oxygens (including phenoxy) is 2. The second kappa shape index (κ2) is 11.4. The number of benzene rings is 3. The molecule has 3 rings (SSSR count). The van der Waals surface area contributed by atoms with Gasteiger partial charge in [0.05, 0.1) is 6.10 Å². The highest BCUT2D eigenvalue weighted by Crippen LogP contribution is 2.32. The molecule has 0 aromatic heterocycles. The molecule has 0 spiro atoms. The van der Waals surface area contributed by atoms with Gasteiger partial charge in [-0.15, -0.1) is 0 Å². The van der Waals surface area contributed by atoms with E-state index in [4.69, 9.17) is 9.47 Å². The van der Waals surface area contributed by atoms with Crippen LogP contribution in [0.15, 0.2) is 54.6 Å². The maximum Gasteiger partial charge on any atom is 0.123 e. The Bertz CT molecular complexity index is 1020. The molecule has 2 N–H and O–H groups in total. The first-order valence-electron chi connectivity index (χ1n) is 11.8. The predicted octanol–water partition coefficient (Wildman–Crippen LogP) is 5.39. The van der Waals surface area contributed by atoms with E-state index in [1.54, 1.807) is 19.1 Å². The van der Waals surface area contributed by atoms with E-state index >= 15 is 0 Å². The Hall–Kier alpha value is -2.76. The molecular weight excluding hydrogens is 414 g/mol. The number of aliphatic hydroxyl groups excluding tert-OH is 1. The Morgan fingerprint density at radius 3 is 2.18 bits per heavy atom. The molecule has 0 aliphatic rings. The van der Waals surface area contributed by atoms with Gasteiger partial charge in [-0.3, -0.25) is 4.90 Å². The average Bonchev–Trinajstić information content (AvgIpc) is 2.76. The molecule has 5 heteroatoms. The first-order valence-corrected chi connectivity index (χ1v) is 11.8. The summed E-state index contributed by atoms with van der Waals surface area (Å²) in [5.74, 6) is 1.85. The van der Waals surface area contributed by atoms with E-state index in [1.165, 1.54) is 0 Å². The zero-order chi connectivity index (χ0) is 24.0. The molecule has 0 aliphatic carbocycles. The van der Waals surface area contributed by atoms with Crippen LogP contribution in [-0.2, 0) is 6.42 Å². The zero-order valence-electron chi connectivity index (χ0n) is 20.4. The van der Waals surface area contributed by atoms with Crippen LogP contribution in [-0.4, -0.2) is 53.1 Å². The first-order chi connectivity index (χ1) is 15.7.